The zero-order valence-corrected chi connectivity index (χ0v) is 20.0. The van der Waals surface area contributed by atoms with Crippen LogP contribution in [0.4, 0.5) is 4.39 Å². The molecule has 4 unspecified atom stereocenters. The van der Waals surface area contributed by atoms with Crippen molar-refractivity contribution < 1.29 is 22.7 Å². The minimum Gasteiger partial charge on any atom is -0.426 e. The van der Waals surface area contributed by atoms with E-state index in [1.54, 1.807) is 10.8 Å². The number of aryl methyl sites for hydroxylation is 3. The zero-order chi connectivity index (χ0) is 22.7. The van der Waals surface area contributed by atoms with E-state index in [-0.39, 0.29) is 23.9 Å². The lowest BCUT2D eigenvalue weighted by molar-refractivity contribution is -0.0320. The first kappa shape index (κ1) is 24.0. The number of benzene rings is 1. The van der Waals surface area contributed by atoms with Crippen molar-refractivity contribution in [3.63, 3.8) is 0 Å². The Kier molecular flexibility index (Phi) is 7.99. The van der Waals surface area contributed by atoms with Crippen LogP contribution in [0, 0.1) is 31.3 Å². The largest absolute Gasteiger partial charge is 0.426 e. The number of H-pyrrole nitrogens is 1. The van der Waals surface area contributed by atoms with Crippen molar-refractivity contribution in [3.05, 3.63) is 55.7 Å². The molecule has 0 radical (unpaired) electrons. The number of halogens is 1. The number of hydrogen-bond donors (Lipinski definition) is 1. The minimum atomic E-state index is -1.47. The maximum absolute atomic E-state index is 12.3. The molecule has 0 amide bonds. The van der Waals surface area contributed by atoms with Crippen LogP contribution in [0.15, 0.2) is 23.1 Å². The van der Waals surface area contributed by atoms with Gasteiger partial charge in [-0.15, -0.1) is 0 Å². The average Bonchev–Trinajstić information content (AvgIpc) is 3.11. The van der Waals surface area contributed by atoms with Gasteiger partial charge in [0.2, 0.25) is 0 Å². The highest BCUT2D eigenvalue weighted by molar-refractivity contribution is 7.71. The van der Waals surface area contributed by atoms with Crippen LogP contribution in [0.25, 0.3) is 0 Å². The van der Waals surface area contributed by atoms with E-state index in [1.165, 1.54) is 5.56 Å². The van der Waals surface area contributed by atoms with Crippen LogP contribution >= 0.6 is 20.8 Å². The second-order valence-corrected chi connectivity index (χ2v) is 9.35. The summed E-state index contributed by atoms with van der Waals surface area (Å²) in [6.07, 6.45) is 2.04. The molecule has 31 heavy (non-hydrogen) atoms. The van der Waals surface area contributed by atoms with Crippen LogP contribution < -0.4 is 10.2 Å². The molecule has 2 aliphatic heterocycles. The molecule has 1 aromatic carbocycles. The highest BCUT2D eigenvalue weighted by atomic mass is 32.1. The lowest BCUT2D eigenvalue weighted by Gasteiger charge is -2.26. The lowest BCUT2D eigenvalue weighted by atomic mass is 10.1. The SMILES string of the molecule is CF.Cc1cc(C)c2c(c1)COP(OCC1CC(C)C(n3cc(C)c(=S)[nH]c3=O)O1)O2. The molecule has 2 aromatic rings. The van der Waals surface area contributed by atoms with Crippen LogP contribution in [0.2, 0.25) is 0 Å². The van der Waals surface area contributed by atoms with E-state index < -0.39 is 8.60 Å². The Bertz CT molecular complexity index is 1040. The number of rotatable bonds is 4. The van der Waals surface area contributed by atoms with Gasteiger partial charge in [-0.05, 0) is 32.8 Å². The molecule has 0 spiro atoms. The smallest absolute Gasteiger partial charge is 0.397 e. The Morgan fingerprint density at radius 2 is 2.03 bits per heavy atom. The van der Waals surface area contributed by atoms with Crippen molar-refractivity contribution >= 4 is 20.8 Å². The summed E-state index contributed by atoms with van der Waals surface area (Å²) in [7, 11) is -0.967. The van der Waals surface area contributed by atoms with Crippen LogP contribution in [-0.4, -0.2) is 29.4 Å². The summed E-state index contributed by atoms with van der Waals surface area (Å²) in [5.74, 6) is 1.02. The van der Waals surface area contributed by atoms with Gasteiger partial charge in [0.1, 0.15) is 16.6 Å². The fourth-order valence-electron chi connectivity index (χ4n) is 3.85. The van der Waals surface area contributed by atoms with Gasteiger partial charge in [-0.2, -0.15) is 0 Å². The second kappa shape index (κ2) is 10.3. The van der Waals surface area contributed by atoms with Crippen molar-refractivity contribution in [2.75, 3.05) is 13.8 Å². The van der Waals surface area contributed by atoms with Crippen molar-refractivity contribution in [1.29, 1.82) is 0 Å². The molecule has 3 heterocycles. The van der Waals surface area contributed by atoms with Gasteiger partial charge in [0.15, 0.2) is 0 Å². The molecule has 10 heteroatoms. The minimum absolute atomic E-state index is 0.138. The van der Waals surface area contributed by atoms with Crippen LogP contribution in [-0.2, 0) is 20.4 Å². The zero-order valence-electron chi connectivity index (χ0n) is 18.3. The molecule has 1 saturated heterocycles. The Morgan fingerprint density at radius 1 is 1.29 bits per heavy atom. The van der Waals surface area contributed by atoms with Crippen LogP contribution in [0.1, 0.15) is 41.8 Å². The van der Waals surface area contributed by atoms with Gasteiger partial charge >= 0.3 is 14.3 Å². The summed E-state index contributed by atoms with van der Waals surface area (Å²) >= 11 is 5.13. The van der Waals surface area contributed by atoms with Gasteiger partial charge in [-0.3, -0.25) is 23.0 Å². The predicted molar refractivity (Wildman–Crippen MR) is 120 cm³/mol. The van der Waals surface area contributed by atoms with E-state index in [0.29, 0.717) is 25.0 Å². The molecule has 4 rings (SSSR count). The third-order valence-corrected chi connectivity index (χ3v) is 6.68. The van der Waals surface area contributed by atoms with Gasteiger partial charge < -0.3 is 9.26 Å². The molecule has 0 saturated carbocycles. The molecule has 4 atom stereocenters. The lowest BCUT2D eigenvalue weighted by Crippen LogP contribution is -2.30. The van der Waals surface area contributed by atoms with Gasteiger partial charge in [0, 0.05) is 23.2 Å². The normalized spacial score (nSPS) is 24.7. The molecule has 170 valence electrons. The third kappa shape index (κ3) is 5.41. The first-order chi connectivity index (χ1) is 14.8. The monoisotopic (exact) mass is 470 g/mol. The summed E-state index contributed by atoms with van der Waals surface area (Å²) in [5, 5.41) is 0. The molecule has 1 fully saturated rings. The standard InChI is InChI=1S/C20H25N2O5PS.CH3F/c1-11-5-12(2)17-15(6-11)9-24-28(27-17)25-10-16-7-13(3)19(26-16)22-8-14(4)18(29)21-20(22)23;1-2/h5-6,8,13,16,19H,7,9-10H2,1-4H3,(H,21,23,29);1H3. The van der Waals surface area contributed by atoms with E-state index in [2.05, 4.69) is 31.0 Å². The average molecular weight is 471 g/mol. The van der Waals surface area contributed by atoms with E-state index in [0.717, 1.165) is 28.9 Å². The number of alkyl halides is 1. The van der Waals surface area contributed by atoms with Gasteiger partial charge in [-0.25, -0.2) is 4.79 Å². The van der Waals surface area contributed by atoms with Crippen LogP contribution in [0.5, 0.6) is 5.75 Å². The Labute approximate surface area is 187 Å². The number of nitrogens with zero attached hydrogens (tertiary/aromatic N) is 1. The van der Waals surface area contributed by atoms with Crippen molar-refractivity contribution in [2.45, 2.75) is 53.1 Å². The number of aromatic amines is 1. The first-order valence-corrected chi connectivity index (χ1v) is 11.5. The molecule has 0 bridgehead atoms. The number of ether oxygens (including phenoxy) is 1. The molecular weight excluding hydrogens is 442 g/mol. The molecule has 0 aliphatic carbocycles. The van der Waals surface area contributed by atoms with Crippen molar-refractivity contribution in [2.24, 2.45) is 5.92 Å². The number of hydrogen-bond acceptors (Lipinski definition) is 6. The third-order valence-electron chi connectivity index (χ3n) is 5.23. The van der Waals surface area contributed by atoms with Crippen molar-refractivity contribution in [3.8, 4) is 5.75 Å². The molecule has 1 aromatic heterocycles. The topological polar surface area (TPSA) is 74.7 Å². The Hall–Kier alpha value is -1.64. The van der Waals surface area contributed by atoms with Crippen molar-refractivity contribution in [1.82, 2.24) is 9.55 Å². The second-order valence-electron chi connectivity index (χ2n) is 7.79. The summed E-state index contributed by atoms with van der Waals surface area (Å²) in [6.45, 7) is 8.85. The molecular formula is C21H28FN2O5PS. The first-order valence-electron chi connectivity index (χ1n) is 10.0. The van der Waals surface area contributed by atoms with E-state index in [4.69, 9.17) is 30.5 Å². The number of fused-ring (bicyclic) bond motifs is 1. The fourth-order valence-corrected chi connectivity index (χ4v) is 5.11. The van der Waals surface area contributed by atoms with E-state index >= 15 is 0 Å². The molecule has 2 aliphatic rings. The summed E-state index contributed by atoms with van der Waals surface area (Å²) in [4.78, 5) is 15.0. The summed E-state index contributed by atoms with van der Waals surface area (Å²) in [5.41, 5.74) is 3.90. The Morgan fingerprint density at radius 3 is 2.77 bits per heavy atom. The molecule has 1 N–H and O–H groups in total. The van der Waals surface area contributed by atoms with Crippen LogP contribution in [0.3, 0.4) is 0 Å². The maximum atomic E-state index is 12.3. The van der Waals surface area contributed by atoms with Gasteiger partial charge in [0.05, 0.1) is 26.5 Å². The van der Waals surface area contributed by atoms with E-state index in [9.17, 15) is 9.18 Å². The predicted octanol–water partition coefficient (Wildman–Crippen LogP) is 5.19. The van der Waals surface area contributed by atoms with E-state index in [1.807, 2.05) is 13.8 Å². The van der Waals surface area contributed by atoms with Gasteiger partial charge in [-0.1, -0.05) is 36.8 Å². The highest BCUT2D eigenvalue weighted by Crippen LogP contribution is 2.49. The number of nitrogens with one attached hydrogen (secondary N) is 1. The number of aromatic nitrogens is 2. The maximum Gasteiger partial charge on any atom is 0.397 e. The summed E-state index contributed by atoms with van der Waals surface area (Å²) in [6, 6.07) is 4.17. The quantitative estimate of drug-likeness (QED) is 0.490. The molecule has 7 nitrogen and oxygen atoms in total. The fraction of sp³-hybridized carbons (Fsp3) is 0.524. The van der Waals surface area contributed by atoms with Gasteiger partial charge in [0.25, 0.3) is 0 Å². The Balaban J connectivity index is 0.00000132. The highest BCUT2D eigenvalue weighted by Gasteiger charge is 2.36. The summed E-state index contributed by atoms with van der Waals surface area (Å²) < 4.78 is 35.3.